The number of halogens is 1. The highest BCUT2D eigenvalue weighted by Crippen LogP contribution is 2.48. The van der Waals surface area contributed by atoms with Gasteiger partial charge in [-0.2, -0.15) is 0 Å². The molecule has 1 aliphatic carbocycles. The van der Waals surface area contributed by atoms with Crippen molar-refractivity contribution < 1.29 is 4.74 Å². The third-order valence-corrected chi connectivity index (χ3v) is 3.90. The summed E-state index contributed by atoms with van der Waals surface area (Å²) in [6.07, 6.45) is 3.58. The molecule has 0 saturated heterocycles. The van der Waals surface area contributed by atoms with E-state index in [2.05, 4.69) is 27.6 Å². The fourth-order valence-corrected chi connectivity index (χ4v) is 2.81. The van der Waals surface area contributed by atoms with Gasteiger partial charge in [-0.25, -0.2) is 0 Å². The van der Waals surface area contributed by atoms with Gasteiger partial charge in [0.05, 0.1) is 6.04 Å². The quantitative estimate of drug-likeness (QED) is 0.460. The minimum absolute atomic E-state index is 0.246. The first-order valence-corrected chi connectivity index (χ1v) is 5.16. The van der Waals surface area contributed by atoms with E-state index < -0.39 is 0 Å². The average Bonchev–Trinajstić information content (AvgIpc) is 2.77. The van der Waals surface area contributed by atoms with Crippen LogP contribution in [0.2, 0.25) is 0 Å². The van der Waals surface area contributed by atoms with Crippen molar-refractivity contribution in [2.45, 2.75) is 16.2 Å². The standard InChI is InChI=1S/C8H11IN2O/c1-12-8(10)4-2-3-11-7-5(4)6(7)9/h2-3,5-8H,10H2,1H3/t5-,6?,7?,8?/m1/s1. The molecule has 4 atom stereocenters. The van der Waals surface area contributed by atoms with Crippen molar-refractivity contribution in [3.05, 3.63) is 11.6 Å². The number of fused-ring (bicyclic) bond motifs is 1. The third-order valence-electron chi connectivity index (χ3n) is 2.39. The smallest absolute Gasteiger partial charge is 0.128 e. The number of rotatable bonds is 2. The Morgan fingerprint density at radius 2 is 2.50 bits per heavy atom. The summed E-state index contributed by atoms with van der Waals surface area (Å²) in [6, 6.07) is 0.465. The van der Waals surface area contributed by atoms with E-state index >= 15 is 0 Å². The lowest BCUT2D eigenvalue weighted by Crippen LogP contribution is -2.27. The minimum Gasteiger partial charge on any atom is -0.363 e. The van der Waals surface area contributed by atoms with E-state index in [-0.39, 0.29) is 6.23 Å². The first-order chi connectivity index (χ1) is 5.75. The van der Waals surface area contributed by atoms with Crippen LogP contribution in [0.15, 0.2) is 16.6 Å². The Morgan fingerprint density at radius 1 is 1.75 bits per heavy atom. The number of nitrogens with two attached hydrogens (primary N) is 1. The largest absolute Gasteiger partial charge is 0.363 e. The molecule has 1 fully saturated rings. The highest BCUT2D eigenvalue weighted by molar-refractivity contribution is 14.1. The summed E-state index contributed by atoms with van der Waals surface area (Å²) in [5.74, 6) is 0.533. The summed E-state index contributed by atoms with van der Waals surface area (Å²) < 4.78 is 5.70. The van der Waals surface area contributed by atoms with Gasteiger partial charge in [0.2, 0.25) is 0 Å². The minimum atomic E-state index is -0.246. The molecule has 66 valence electrons. The molecular weight excluding hydrogens is 267 g/mol. The number of methoxy groups -OCH3 is 1. The van der Waals surface area contributed by atoms with Gasteiger partial charge in [-0.15, -0.1) is 0 Å². The monoisotopic (exact) mass is 278 g/mol. The molecule has 2 N–H and O–H groups in total. The summed E-state index contributed by atoms with van der Waals surface area (Å²) in [7, 11) is 1.64. The molecule has 4 heteroatoms. The third kappa shape index (κ3) is 1.22. The summed E-state index contributed by atoms with van der Waals surface area (Å²) >= 11 is 2.42. The predicted octanol–water partition coefficient (Wildman–Crippen LogP) is 0.730. The molecule has 12 heavy (non-hydrogen) atoms. The van der Waals surface area contributed by atoms with Crippen molar-refractivity contribution in [1.82, 2.24) is 0 Å². The summed E-state index contributed by atoms with van der Waals surface area (Å²) in [4.78, 5) is 4.33. The Labute approximate surface area is 85.2 Å². The van der Waals surface area contributed by atoms with E-state index in [0.29, 0.717) is 15.9 Å². The van der Waals surface area contributed by atoms with Gasteiger partial charge in [0, 0.05) is 23.2 Å². The lowest BCUT2D eigenvalue weighted by Gasteiger charge is -2.14. The van der Waals surface area contributed by atoms with Gasteiger partial charge in [-0.3, -0.25) is 4.99 Å². The van der Waals surface area contributed by atoms with Crippen LogP contribution in [0.1, 0.15) is 0 Å². The molecule has 3 nitrogen and oxygen atoms in total. The van der Waals surface area contributed by atoms with Crippen LogP contribution >= 0.6 is 22.6 Å². The lowest BCUT2D eigenvalue weighted by molar-refractivity contribution is 0.132. The Kier molecular flexibility index (Phi) is 2.22. The Bertz CT molecular complexity index is 251. The number of ether oxygens (including phenoxy) is 1. The Balaban J connectivity index is 2.15. The molecule has 0 amide bonds. The van der Waals surface area contributed by atoms with Crippen molar-refractivity contribution in [2.24, 2.45) is 16.6 Å². The second-order valence-corrected chi connectivity index (χ2v) is 4.52. The summed E-state index contributed by atoms with van der Waals surface area (Å²) in [6.45, 7) is 0. The van der Waals surface area contributed by atoms with Crippen LogP contribution in [0, 0.1) is 5.92 Å². The van der Waals surface area contributed by atoms with Gasteiger partial charge in [-0.1, -0.05) is 22.6 Å². The van der Waals surface area contributed by atoms with Crippen LogP contribution in [0.3, 0.4) is 0 Å². The molecule has 0 spiro atoms. The molecular formula is C8H11IN2O. The number of dihydropyridines is 1. The molecule has 0 aromatic carbocycles. The molecule has 3 unspecified atom stereocenters. The second kappa shape index (κ2) is 3.08. The van der Waals surface area contributed by atoms with E-state index in [0.717, 1.165) is 0 Å². The molecule has 0 bridgehead atoms. The first kappa shape index (κ1) is 8.65. The zero-order valence-corrected chi connectivity index (χ0v) is 8.93. The molecule has 1 heterocycles. The number of hydrogen-bond donors (Lipinski definition) is 1. The van der Waals surface area contributed by atoms with Crippen molar-refractivity contribution in [2.75, 3.05) is 7.11 Å². The highest BCUT2D eigenvalue weighted by atomic mass is 127. The average molecular weight is 278 g/mol. The van der Waals surface area contributed by atoms with E-state index in [4.69, 9.17) is 10.5 Å². The Hall–Kier alpha value is 0.0600. The molecule has 0 aromatic rings. The second-order valence-electron chi connectivity index (χ2n) is 3.08. The molecule has 2 rings (SSSR count). The van der Waals surface area contributed by atoms with E-state index in [9.17, 15) is 0 Å². The summed E-state index contributed by atoms with van der Waals surface area (Å²) in [5.41, 5.74) is 6.96. The fraction of sp³-hybridized carbons (Fsp3) is 0.625. The van der Waals surface area contributed by atoms with Gasteiger partial charge >= 0.3 is 0 Å². The van der Waals surface area contributed by atoms with Crippen molar-refractivity contribution in [1.29, 1.82) is 0 Å². The normalized spacial score (nSPS) is 40.2. The Morgan fingerprint density at radius 3 is 3.17 bits per heavy atom. The number of aliphatic imine (C=N–C) groups is 1. The number of allylic oxidation sites excluding steroid dienone is 1. The number of nitrogens with zero attached hydrogens (tertiary/aromatic N) is 1. The van der Waals surface area contributed by atoms with Crippen LogP contribution < -0.4 is 5.73 Å². The lowest BCUT2D eigenvalue weighted by atomic mass is 10.1. The van der Waals surface area contributed by atoms with Crippen LogP contribution in [-0.2, 0) is 4.74 Å². The van der Waals surface area contributed by atoms with E-state index in [1.165, 1.54) is 5.57 Å². The molecule has 0 aromatic heterocycles. The van der Waals surface area contributed by atoms with Gasteiger partial charge in [0.25, 0.3) is 0 Å². The highest BCUT2D eigenvalue weighted by Gasteiger charge is 2.52. The van der Waals surface area contributed by atoms with Gasteiger partial charge < -0.3 is 10.5 Å². The van der Waals surface area contributed by atoms with E-state index in [1.54, 1.807) is 7.11 Å². The van der Waals surface area contributed by atoms with Crippen LogP contribution in [-0.4, -0.2) is 29.5 Å². The van der Waals surface area contributed by atoms with Gasteiger partial charge in [-0.05, 0) is 11.6 Å². The maximum atomic E-state index is 5.77. The van der Waals surface area contributed by atoms with E-state index in [1.807, 2.05) is 12.3 Å². The number of alkyl halides is 1. The molecule has 2 aliphatic rings. The molecule has 0 radical (unpaired) electrons. The summed E-state index contributed by atoms with van der Waals surface area (Å²) in [5, 5.41) is 0. The topological polar surface area (TPSA) is 47.6 Å². The zero-order valence-electron chi connectivity index (χ0n) is 6.77. The van der Waals surface area contributed by atoms with Crippen molar-refractivity contribution in [3.8, 4) is 0 Å². The maximum absolute atomic E-state index is 5.77. The molecule has 1 aliphatic heterocycles. The molecule has 1 saturated carbocycles. The predicted molar refractivity (Wildman–Crippen MR) is 56.6 cm³/mol. The van der Waals surface area contributed by atoms with Crippen LogP contribution in [0.4, 0.5) is 0 Å². The van der Waals surface area contributed by atoms with Gasteiger partial charge in [0.15, 0.2) is 0 Å². The van der Waals surface area contributed by atoms with Crippen molar-refractivity contribution >= 4 is 28.8 Å². The van der Waals surface area contributed by atoms with Crippen LogP contribution in [0.5, 0.6) is 0 Å². The van der Waals surface area contributed by atoms with Crippen molar-refractivity contribution in [3.63, 3.8) is 0 Å². The van der Waals surface area contributed by atoms with Gasteiger partial charge in [0.1, 0.15) is 6.23 Å². The maximum Gasteiger partial charge on any atom is 0.128 e. The van der Waals surface area contributed by atoms with Crippen LogP contribution in [0.25, 0.3) is 0 Å². The zero-order chi connectivity index (χ0) is 8.72. The fourth-order valence-electron chi connectivity index (χ4n) is 1.58. The number of hydrogen-bond acceptors (Lipinski definition) is 3. The first-order valence-electron chi connectivity index (χ1n) is 3.91. The SMILES string of the molecule is COC(N)C1=CC=NC2C(I)[C@@H]12.